The molecule has 0 unspecified atom stereocenters. The molecule has 23 heteroatoms. The summed E-state index contributed by atoms with van der Waals surface area (Å²) in [5.41, 5.74) is 22.9. The smallest absolute Gasteiger partial charge is 0.423 e. The number of aromatic nitrogens is 8. The van der Waals surface area contributed by atoms with Gasteiger partial charge < -0.3 is 68.5 Å². The summed E-state index contributed by atoms with van der Waals surface area (Å²) < 4.78 is 10.6. The summed E-state index contributed by atoms with van der Waals surface area (Å²) in [4.78, 5) is 14.5. The van der Waals surface area contributed by atoms with Gasteiger partial charge in [-0.1, -0.05) is 346 Å². The Bertz CT molecular complexity index is 8730. The van der Waals surface area contributed by atoms with Crippen LogP contribution in [0.2, 0.25) is 0 Å². The van der Waals surface area contributed by atoms with Gasteiger partial charge in [0.2, 0.25) is 5.95 Å². The predicted molar refractivity (Wildman–Crippen MR) is 566 cm³/mol. The second kappa shape index (κ2) is 38.4. The highest BCUT2D eigenvalue weighted by Gasteiger charge is 2.26. The standard InChI is InChI=1S/C27H19BN4O2.2C24H18BNO2.C22H16BNO2.C18H14BNO2/c33-28(34)20-15-16-22-21-13-7-8-14-23(21)32(24(22)17-20)27-30-25(18-9-3-1-4-10-18)29-26(31-27)19-11-5-2-6-12-19;27-25(28)19-13-14-22-21-11-4-5-12-23(21)26(24(22)16-19)20-10-6-9-18(15-20)17-7-2-1-3-8-17;27-25(28)19-12-15-22-21-8-4-5-9-23(21)26(24(22)16-19)20-13-10-18(11-14-20)17-6-2-1-3-7-17;25-23(26)17-10-12-20-19-7-3-4-8-21(19)24(22(20)14-17)18-11-9-15-5-1-2-6-16(15)13-18;21-19(22)13-10-11-16-15-8-4-5-9-17(15)20(18(16)12-13)14-6-2-1-3-7-14/h1-17,33-34H;2*1-16,27-28H;1-14,25-26H;1-12,21-22H. The van der Waals surface area contributed by atoms with Crippen LogP contribution in [-0.4, -0.2) is 124 Å². The van der Waals surface area contributed by atoms with Crippen molar-refractivity contribution in [3.63, 3.8) is 0 Å². The normalized spacial score (nSPS) is 11.3. The lowest BCUT2D eigenvalue weighted by Gasteiger charge is -2.11. The summed E-state index contributed by atoms with van der Waals surface area (Å²) in [6.07, 6.45) is 0. The van der Waals surface area contributed by atoms with Gasteiger partial charge in [0.05, 0.1) is 55.2 Å². The topological polar surface area (TPSA) is 266 Å². The van der Waals surface area contributed by atoms with Crippen LogP contribution in [0.3, 0.4) is 0 Å². The molecule has 0 saturated carbocycles. The van der Waals surface area contributed by atoms with Crippen molar-refractivity contribution in [3.8, 4) is 73.7 Å². The van der Waals surface area contributed by atoms with E-state index in [9.17, 15) is 50.2 Å². The molecule has 0 aliphatic rings. The Labute approximate surface area is 794 Å². The molecule has 0 spiro atoms. The van der Waals surface area contributed by atoms with Crippen molar-refractivity contribution in [3.05, 3.63) is 455 Å². The van der Waals surface area contributed by atoms with Gasteiger partial charge >= 0.3 is 35.6 Å². The number of nitrogens with zero attached hydrogens (tertiary/aromatic N) is 8. The number of hydrogen-bond acceptors (Lipinski definition) is 13. The number of rotatable bonds is 14. The molecule has 25 aromatic rings. The number of benzene rings is 19. The van der Waals surface area contributed by atoms with Crippen LogP contribution in [0.5, 0.6) is 0 Å². The van der Waals surface area contributed by atoms with Crippen LogP contribution in [0.4, 0.5) is 0 Å². The lowest BCUT2D eigenvalue weighted by molar-refractivity contribution is 0.424. The molecule has 0 amide bonds. The third-order valence-electron chi connectivity index (χ3n) is 25.3. The Morgan fingerprint density at radius 1 is 0.152 bits per heavy atom. The Morgan fingerprint density at radius 2 is 0.399 bits per heavy atom. The van der Waals surface area contributed by atoms with Crippen LogP contribution in [0.15, 0.2) is 455 Å². The average molecular weight is 1790 g/mol. The van der Waals surface area contributed by atoms with Gasteiger partial charge in [-0.2, -0.15) is 9.97 Å². The van der Waals surface area contributed by atoms with Crippen LogP contribution in [-0.2, 0) is 0 Å². The van der Waals surface area contributed by atoms with Crippen LogP contribution in [0.25, 0.3) is 194 Å². The van der Waals surface area contributed by atoms with Gasteiger partial charge in [0.25, 0.3) is 0 Å². The minimum Gasteiger partial charge on any atom is -0.423 e. The number of fused-ring (bicyclic) bond motifs is 16. The van der Waals surface area contributed by atoms with Crippen molar-refractivity contribution in [2.24, 2.45) is 0 Å². The predicted octanol–water partition coefficient (Wildman–Crippen LogP) is 18.3. The highest BCUT2D eigenvalue weighted by Crippen LogP contribution is 2.40. The van der Waals surface area contributed by atoms with Crippen molar-refractivity contribution < 1.29 is 50.2 Å². The average Bonchev–Trinajstić information content (AvgIpc) is 1.60. The Balaban J connectivity index is 0.000000103. The molecule has 0 atom stereocenters. The first kappa shape index (κ1) is 88.0. The molecule has 10 N–H and O–H groups in total. The van der Waals surface area contributed by atoms with E-state index < -0.39 is 35.6 Å². The largest absolute Gasteiger partial charge is 0.488 e. The zero-order valence-corrected chi connectivity index (χ0v) is 74.2. The summed E-state index contributed by atoms with van der Waals surface area (Å²) in [7, 11) is -7.51. The first-order valence-corrected chi connectivity index (χ1v) is 45.3. The Hall–Kier alpha value is -16.6. The highest BCUT2D eigenvalue weighted by atomic mass is 16.4. The zero-order chi connectivity index (χ0) is 94.0. The van der Waals surface area contributed by atoms with Crippen molar-refractivity contribution in [2.45, 2.75) is 0 Å². The van der Waals surface area contributed by atoms with E-state index in [0.717, 1.165) is 160 Å². The lowest BCUT2D eigenvalue weighted by Crippen LogP contribution is -2.29. The maximum atomic E-state index is 9.81. The molecular weight excluding hydrogens is 1710 g/mol. The maximum absolute atomic E-state index is 9.81. The fraction of sp³-hybridized carbons (Fsp3) is 0. The van der Waals surface area contributed by atoms with Crippen LogP contribution < -0.4 is 27.3 Å². The van der Waals surface area contributed by atoms with E-state index in [-0.39, 0.29) is 0 Å². The molecular formula is C115H85B5N8O10. The Morgan fingerprint density at radius 3 is 0.761 bits per heavy atom. The molecule has 0 radical (unpaired) electrons. The van der Waals surface area contributed by atoms with Gasteiger partial charge in [-0.25, -0.2) is 4.98 Å². The highest BCUT2D eigenvalue weighted by molar-refractivity contribution is 6.61. The monoisotopic (exact) mass is 1790 g/mol. The van der Waals surface area contributed by atoms with Crippen LogP contribution in [0, 0.1) is 0 Å². The van der Waals surface area contributed by atoms with E-state index in [1.54, 1.807) is 36.4 Å². The SMILES string of the molecule is OB(O)c1ccc2c3ccccc3n(-c3ccc(-c4ccccc4)cc3)c2c1.OB(O)c1ccc2c3ccccc3n(-c3ccc4ccccc4c3)c2c1.OB(O)c1ccc2c3ccccc3n(-c3cccc(-c4ccccc4)c3)c2c1.OB(O)c1ccc2c3ccccc3n(-c3ccccc3)c2c1.OB(O)c1ccc2c3ccccc3n(-c3nc(-c4ccccc4)nc(-c4ccccc4)n3)c2c1. The maximum Gasteiger partial charge on any atom is 0.488 e. The van der Waals surface area contributed by atoms with Gasteiger partial charge in [0.15, 0.2) is 11.6 Å². The fourth-order valence-electron chi connectivity index (χ4n) is 18.7. The van der Waals surface area contributed by atoms with E-state index in [2.05, 4.69) is 170 Å². The summed E-state index contributed by atoms with van der Waals surface area (Å²) in [5, 5.41) is 110. The number of para-hydroxylation sites is 6. The molecule has 19 aromatic carbocycles. The second-order valence-corrected chi connectivity index (χ2v) is 33.7. The van der Waals surface area contributed by atoms with Gasteiger partial charge in [0, 0.05) is 87.7 Å². The van der Waals surface area contributed by atoms with E-state index >= 15 is 0 Å². The van der Waals surface area contributed by atoms with Gasteiger partial charge in [-0.3, -0.25) is 4.57 Å². The third kappa shape index (κ3) is 17.3. The van der Waals surface area contributed by atoms with E-state index in [0.29, 0.717) is 44.9 Å². The van der Waals surface area contributed by atoms with E-state index in [4.69, 9.17) is 15.0 Å². The van der Waals surface area contributed by atoms with Crippen LogP contribution in [0.1, 0.15) is 0 Å². The molecule has 0 saturated heterocycles. The summed E-state index contributed by atoms with van der Waals surface area (Å²) in [5.74, 6) is 1.59. The van der Waals surface area contributed by atoms with Crippen LogP contribution >= 0.6 is 0 Å². The van der Waals surface area contributed by atoms with Crippen molar-refractivity contribution in [1.29, 1.82) is 0 Å². The molecule has 18 nitrogen and oxygen atoms in total. The first-order chi connectivity index (χ1) is 67.6. The third-order valence-corrected chi connectivity index (χ3v) is 25.3. The lowest BCUT2D eigenvalue weighted by atomic mass is 9.80. The summed E-state index contributed by atoms with van der Waals surface area (Å²) >= 11 is 0. The molecule has 0 bridgehead atoms. The van der Waals surface area contributed by atoms with Gasteiger partial charge in [-0.05, 0) is 170 Å². The van der Waals surface area contributed by atoms with Gasteiger partial charge in [-0.15, -0.1) is 0 Å². The summed E-state index contributed by atoms with van der Waals surface area (Å²) in [6, 6.07) is 151. The minimum absolute atomic E-state index is 0.400. The molecule has 6 aromatic heterocycles. The van der Waals surface area contributed by atoms with Gasteiger partial charge in [0.1, 0.15) is 0 Å². The molecule has 660 valence electrons. The van der Waals surface area contributed by atoms with Crippen molar-refractivity contribution in [2.75, 3.05) is 0 Å². The minimum atomic E-state index is -1.58. The van der Waals surface area contributed by atoms with Crippen molar-refractivity contribution in [1.82, 2.24) is 37.8 Å². The second-order valence-electron chi connectivity index (χ2n) is 33.7. The molecule has 0 aliphatic heterocycles. The fourth-order valence-corrected chi connectivity index (χ4v) is 18.7. The Kier molecular flexibility index (Phi) is 24.5. The summed E-state index contributed by atoms with van der Waals surface area (Å²) in [6.45, 7) is 0. The van der Waals surface area contributed by atoms with E-state index in [1.165, 1.54) is 16.3 Å². The molecule has 25 rings (SSSR count). The zero-order valence-electron chi connectivity index (χ0n) is 74.2. The molecule has 0 aliphatic carbocycles. The molecule has 0 fully saturated rings. The molecule has 6 heterocycles. The quantitative estimate of drug-likeness (QED) is 0.0455. The van der Waals surface area contributed by atoms with Crippen molar-refractivity contribution >= 4 is 183 Å². The number of hydrogen-bond donors (Lipinski definition) is 10. The van der Waals surface area contributed by atoms with E-state index in [1.807, 2.05) is 271 Å². The first-order valence-electron chi connectivity index (χ1n) is 45.3. The molecule has 138 heavy (non-hydrogen) atoms.